The molecule has 7 heteroatoms. The first kappa shape index (κ1) is 20.4. The molecule has 0 aliphatic rings. The smallest absolute Gasteiger partial charge is 0.737 e. The number of nitrogens with zero attached hydrogens (tertiary/aromatic N) is 3. The molecule has 0 atom stereocenters. The number of nitrogens with one attached hydrogen (secondary N) is 1. The van der Waals surface area contributed by atoms with Crippen LogP contribution >= 0.6 is 0 Å². The second-order valence-electron chi connectivity index (χ2n) is 2.43. The zero-order chi connectivity index (χ0) is 11.4. The Morgan fingerprint density at radius 1 is 1.13 bits per heavy atom. The molecule has 86 valence electrons. The van der Waals surface area contributed by atoms with Gasteiger partial charge in [-0.05, 0) is 32.2 Å². The summed E-state index contributed by atoms with van der Waals surface area (Å²) in [5.41, 5.74) is 0. The molecule has 0 amide bonds. The van der Waals surface area contributed by atoms with Gasteiger partial charge in [-0.1, -0.05) is 13.8 Å². The fourth-order valence-electron chi connectivity index (χ4n) is 0.767. The minimum absolute atomic E-state index is 0. The van der Waals surface area contributed by atoms with Crippen LogP contribution in [0.15, 0.2) is 5.28 Å². The number of rotatable bonds is 5. The topological polar surface area (TPSA) is 76.8 Å². The van der Waals surface area contributed by atoms with E-state index < -0.39 is 0 Å². The number of hydrazine groups is 1. The Bertz CT molecular complexity index is 141. The first-order valence-corrected chi connectivity index (χ1v) is 4.93. The summed E-state index contributed by atoms with van der Waals surface area (Å²) in [5.74, 6) is 0. The molecule has 15 heavy (non-hydrogen) atoms. The monoisotopic (exact) mass is 228 g/mol. The molecule has 0 aromatic carbocycles. The van der Waals surface area contributed by atoms with Crippen molar-refractivity contribution in [2.45, 2.75) is 27.7 Å². The van der Waals surface area contributed by atoms with Crippen LogP contribution in [-0.2, 0) is 0 Å². The summed E-state index contributed by atoms with van der Waals surface area (Å²) < 4.78 is 0. The summed E-state index contributed by atoms with van der Waals surface area (Å²) in [6.07, 6.45) is 0. The van der Waals surface area contributed by atoms with Gasteiger partial charge in [0.05, 0.1) is 13.1 Å². The van der Waals surface area contributed by atoms with E-state index in [1.165, 1.54) is 5.01 Å². The largest absolute Gasteiger partial charge is 1.00 e. The van der Waals surface area contributed by atoms with Gasteiger partial charge in [0.1, 0.15) is 0 Å². The van der Waals surface area contributed by atoms with Gasteiger partial charge in [-0.2, -0.15) is 5.01 Å². The fraction of sp³-hybridized carbons (Fsp3) is 1.00. The van der Waals surface area contributed by atoms with Crippen LogP contribution in [0.25, 0.3) is 0 Å². The van der Waals surface area contributed by atoms with Gasteiger partial charge >= 0.3 is 29.6 Å². The Balaban J connectivity index is -0.000000208. The maximum Gasteiger partial charge on any atom is 1.00 e. The van der Waals surface area contributed by atoms with Gasteiger partial charge in [-0.3, -0.25) is 0 Å². The van der Waals surface area contributed by atoms with Crippen molar-refractivity contribution in [3.63, 3.8) is 0 Å². The van der Waals surface area contributed by atoms with E-state index in [2.05, 4.69) is 24.4 Å². The predicted octanol–water partition coefficient (Wildman–Crippen LogP) is -1.68. The minimum Gasteiger partial charge on any atom is -0.737 e. The Kier molecular flexibility index (Phi) is 22.3. The molecule has 0 saturated heterocycles. The van der Waals surface area contributed by atoms with E-state index in [1.807, 2.05) is 0 Å². The van der Waals surface area contributed by atoms with Gasteiger partial charge in [-0.25, -0.2) is 0 Å². The Labute approximate surface area is 114 Å². The molecule has 0 bridgehead atoms. The Hall–Kier alpha value is -0.0400. The average Bonchev–Trinajstić information content (AvgIpc) is 2.21. The van der Waals surface area contributed by atoms with Crippen LogP contribution in [-0.4, -0.2) is 36.2 Å². The molecule has 0 rings (SSSR count). The predicted molar refractivity (Wildman–Crippen MR) is 56.6 cm³/mol. The summed E-state index contributed by atoms with van der Waals surface area (Å²) in [6, 6.07) is 0. The van der Waals surface area contributed by atoms with Crippen molar-refractivity contribution < 1.29 is 34.5 Å². The minimum atomic E-state index is 0. The van der Waals surface area contributed by atoms with Gasteiger partial charge in [0.25, 0.3) is 0 Å². The molecule has 0 radical (unpaired) electrons. The molecular weight excluding hydrogens is 207 g/mol. The van der Waals surface area contributed by atoms with Gasteiger partial charge in [0.15, 0.2) is 0 Å². The first-order valence-electron chi connectivity index (χ1n) is 4.93. The van der Waals surface area contributed by atoms with Crippen molar-refractivity contribution in [3.8, 4) is 0 Å². The van der Waals surface area contributed by atoms with E-state index in [9.17, 15) is 10.4 Å². The van der Waals surface area contributed by atoms with Crippen molar-refractivity contribution in [3.05, 3.63) is 10.4 Å². The Morgan fingerprint density at radius 3 is 1.60 bits per heavy atom. The summed E-state index contributed by atoms with van der Waals surface area (Å²) in [6.45, 7) is 11.0. The molecule has 0 unspecified atom stereocenters. The van der Waals surface area contributed by atoms with Gasteiger partial charge in [0.2, 0.25) is 0 Å². The molecule has 0 heterocycles. The molecule has 0 saturated carbocycles. The third kappa shape index (κ3) is 14.0. The van der Waals surface area contributed by atoms with Crippen LogP contribution in [0, 0.1) is 10.4 Å². The van der Waals surface area contributed by atoms with Gasteiger partial charge < -0.3 is 15.7 Å². The SMILES string of the molecule is CCN(CC)/[N+]([O-])=N/[O-].CCNCC.[Na+]. The summed E-state index contributed by atoms with van der Waals surface area (Å²) >= 11 is 0. The van der Waals surface area contributed by atoms with Gasteiger partial charge in [0, 0.05) is 4.97 Å². The van der Waals surface area contributed by atoms with Crippen molar-refractivity contribution in [1.29, 1.82) is 0 Å². The average molecular weight is 228 g/mol. The second-order valence-corrected chi connectivity index (χ2v) is 2.43. The quantitative estimate of drug-likeness (QED) is 0.264. The third-order valence-corrected chi connectivity index (χ3v) is 1.54. The third-order valence-electron chi connectivity index (χ3n) is 1.54. The van der Waals surface area contributed by atoms with E-state index in [0.29, 0.717) is 13.1 Å². The second kappa shape index (κ2) is 16.4. The molecule has 0 spiro atoms. The van der Waals surface area contributed by atoms with Crippen molar-refractivity contribution >= 4 is 0 Å². The van der Waals surface area contributed by atoms with Crippen LogP contribution < -0.4 is 34.9 Å². The summed E-state index contributed by atoms with van der Waals surface area (Å²) in [7, 11) is 0. The van der Waals surface area contributed by atoms with E-state index in [-0.39, 0.29) is 34.5 Å². The Morgan fingerprint density at radius 2 is 1.53 bits per heavy atom. The van der Waals surface area contributed by atoms with Crippen LogP contribution in [0.2, 0.25) is 0 Å². The van der Waals surface area contributed by atoms with E-state index in [4.69, 9.17) is 0 Å². The molecule has 6 nitrogen and oxygen atoms in total. The first-order chi connectivity index (χ1) is 6.67. The van der Waals surface area contributed by atoms with Crippen LogP contribution in [0.3, 0.4) is 0 Å². The molecule has 1 N–H and O–H groups in total. The fourth-order valence-corrected chi connectivity index (χ4v) is 0.767. The van der Waals surface area contributed by atoms with Gasteiger partial charge in [-0.15, -0.1) is 0 Å². The van der Waals surface area contributed by atoms with E-state index in [1.54, 1.807) is 13.8 Å². The van der Waals surface area contributed by atoms with E-state index >= 15 is 0 Å². The zero-order valence-electron chi connectivity index (χ0n) is 10.5. The van der Waals surface area contributed by atoms with Crippen LogP contribution in [0.5, 0.6) is 0 Å². The van der Waals surface area contributed by atoms with Crippen molar-refractivity contribution in [1.82, 2.24) is 10.3 Å². The number of hydrogen-bond acceptors (Lipinski definition) is 4. The molecule has 0 aliphatic heterocycles. The van der Waals surface area contributed by atoms with Crippen LogP contribution in [0.1, 0.15) is 27.7 Å². The van der Waals surface area contributed by atoms with Crippen LogP contribution in [0.4, 0.5) is 0 Å². The number of hydrogen-bond donors (Lipinski definition) is 1. The van der Waals surface area contributed by atoms with E-state index in [0.717, 1.165) is 13.1 Å². The maximum absolute atomic E-state index is 10.3. The molecule has 0 aromatic heterocycles. The molecular formula is C8H21N4NaO2. The standard InChI is InChI=1S/C4H11N3O2.C4H11N.Na/c1-3-6(4-2)7(9)5-8;1-3-5-4-2;/h8H,3-4H2,1-2H3;5H,3-4H2,1-2H3;/q;;+1/p-1/b7-5-;;. The maximum atomic E-state index is 10.3. The molecule has 0 aromatic rings. The molecule has 0 fully saturated rings. The van der Waals surface area contributed by atoms with Crippen molar-refractivity contribution in [2.75, 3.05) is 26.2 Å². The zero-order valence-corrected chi connectivity index (χ0v) is 12.5. The normalized spacial score (nSPS) is 9.73. The molecule has 0 aliphatic carbocycles. The summed E-state index contributed by atoms with van der Waals surface area (Å²) in [5, 5.41) is 26.5. The van der Waals surface area contributed by atoms with Crippen molar-refractivity contribution in [2.24, 2.45) is 5.28 Å². The summed E-state index contributed by atoms with van der Waals surface area (Å²) in [4.78, 5) is 0.0556.